The van der Waals surface area contributed by atoms with Gasteiger partial charge in [0.05, 0.1) is 10.6 Å². The monoisotopic (exact) mass is 489 g/mol. The first-order valence-corrected chi connectivity index (χ1v) is 12.7. The number of aromatic nitrogens is 1. The summed E-state index contributed by atoms with van der Waals surface area (Å²) >= 11 is 1.25. The molecular formula is C22H20FN3O5S2. The summed E-state index contributed by atoms with van der Waals surface area (Å²) in [6.45, 7) is 1.21. The Labute approximate surface area is 194 Å². The number of nitrogens with one attached hydrogen (secondary N) is 1. The molecule has 172 valence electrons. The molecule has 1 N–H and O–H groups in total. The molecule has 33 heavy (non-hydrogen) atoms. The molecule has 1 unspecified atom stereocenters. The van der Waals surface area contributed by atoms with Gasteiger partial charge in [0.15, 0.2) is 16.6 Å². The van der Waals surface area contributed by atoms with Crippen LogP contribution in [-0.2, 0) is 14.8 Å². The van der Waals surface area contributed by atoms with Gasteiger partial charge in [-0.15, -0.1) is 11.3 Å². The first-order chi connectivity index (χ1) is 15.9. The Morgan fingerprint density at radius 2 is 1.88 bits per heavy atom. The summed E-state index contributed by atoms with van der Waals surface area (Å²) in [5, 5.41) is 4.92. The summed E-state index contributed by atoms with van der Waals surface area (Å²) in [5.74, 6) is 0.353. The van der Waals surface area contributed by atoms with Crippen molar-refractivity contribution in [2.75, 3.05) is 25.1 Å². The van der Waals surface area contributed by atoms with Gasteiger partial charge in [-0.1, -0.05) is 0 Å². The van der Waals surface area contributed by atoms with Crippen molar-refractivity contribution in [2.24, 2.45) is 0 Å². The molecule has 1 aromatic heterocycles. The molecule has 1 saturated heterocycles. The molecule has 0 radical (unpaired) electrons. The second kappa shape index (κ2) is 8.73. The molecule has 11 heteroatoms. The molecule has 0 saturated carbocycles. The van der Waals surface area contributed by atoms with Crippen molar-refractivity contribution in [1.29, 1.82) is 0 Å². The number of ether oxygens (including phenoxy) is 2. The van der Waals surface area contributed by atoms with Gasteiger partial charge in [0, 0.05) is 17.5 Å². The number of carbonyl (C=O) groups is 1. The van der Waals surface area contributed by atoms with Crippen molar-refractivity contribution < 1.29 is 27.1 Å². The Hall–Kier alpha value is -3.02. The fourth-order valence-electron chi connectivity index (χ4n) is 3.89. The van der Waals surface area contributed by atoms with Crippen LogP contribution >= 0.6 is 11.3 Å². The molecule has 2 aliphatic rings. The van der Waals surface area contributed by atoms with E-state index in [9.17, 15) is 17.6 Å². The molecule has 3 heterocycles. The van der Waals surface area contributed by atoms with Crippen LogP contribution in [-0.4, -0.2) is 49.4 Å². The second-order valence-electron chi connectivity index (χ2n) is 7.61. The number of hydrogen-bond acceptors (Lipinski definition) is 7. The highest BCUT2D eigenvalue weighted by Gasteiger charge is 2.39. The van der Waals surface area contributed by atoms with E-state index in [0.29, 0.717) is 48.4 Å². The van der Waals surface area contributed by atoms with E-state index in [1.54, 1.807) is 0 Å². The van der Waals surface area contributed by atoms with Crippen LogP contribution in [0, 0.1) is 5.82 Å². The summed E-state index contributed by atoms with van der Waals surface area (Å²) in [6.07, 6.45) is 0.950. The Morgan fingerprint density at radius 1 is 1.12 bits per heavy atom. The molecule has 5 rings (SSSR count). The minimum absolute atomic E-state index is 0.0428. The topological polar surface area (TPSA) is 97.8 Å². The lowest BCUT2D eigenvalue weighted by Gasteiger charge is -2.23. The van der Waals surface area contributed by atoms with Crippen molar-refractivity contribution in [3.05, 3.63) is 53.7 Å². The van der Waals surface area contributed by atoms with Crippen LogP contribution in [0.2, 0.25) is 0 Å². The first-order valence-electron chi connectivity index (χ1n) is 10.4. The zero-order valence-corrected chi connectivity index (χ0v) is 19.0. The van der Waals surface area contributed by atoms with Crippen molar-refractivity contribution >= 4 is 32.4 Å². The number of rotatable bonds is 5. The van der Waals surface area contributed by atoms with Crippen molar-refractivity contribution in [3.63, 3.8) is 0 Å². The maximum absolute atomic E-state index is 13.2. The van der Waals surface area contributed by atoms with Gasteiger partial charge in [0.1, 0.15) is 25.1 Å². The summed E-state index contributed by atoms with van der Waals surface area (Å²) in [7, 11) is -3.93. The van der Waals surface area contributed by atoms with E-state index in [1.165, 1.54) is 27.8 Å². The minimum atomic E-state index is -3.93. The maximum Gasteiger partial charge on any atom is 0.244 e. The average molecular weight is 490 g/mol. The van der Waals surface area contributed by atoms with Gasteiger partial charge in [-0.25, -0.2) is 17.8 Å². The number of benzene rings is 2. The van der Waals surface area contributed by atoms with Gasteiger partial charge in [-0.2, -0.15) is 4.31 Å². The number of nitrogens with zero attached hydrogens (tertiary/aromatic N) is 2. The van der Waals surface area contributed by atoms with Crippen LogP contribution in [0.5, 0.6) is 11.5 Å². The molecule has 8 nitrogen and oxygen atoms in total. The number of fused-ring (bicyclic) bond motifs is 1. The predicted molar refractivity (Wildman–Crippen MR) is 120 cm³/mol. The summed E-state index contributed by atoms with van der Waals surface area (Å²) < 4.78 is 51.5. The predicted octanol–water partition coefficient (Wildman–Crippen LogP) is 3.51. The maximum atomic E-state index is 13.2. The van der Waals surface area contributed by atoms with Crippen LogP contribution in [0.25, 0.3) is 11.3 Å². The lowest BCUT2D eigenvalue weighted by molar-refractivity contribution is -0.119. The number of sulfonamides is 1. The molecule has 2 aromatic carbocycles. The first kappa shape index (κ1) is 21.8. The molecule has 1 atom stereocenters. The zero-order chi connectivity index (χ0) is 23.0. The van der Waals surface area contributed by atoms with Gasteiger partial charge in [-0.3, -0.25) is 4.79 Å². The smallest absolute Gasteiger partial charge is 0.244 e. The molecule has 0 bridgehead atoms. The van der Waals surface area contributed by atoms with Gasteiger partial charge >= 0.3 is 0 Å². The Balaban J connectivity index is 1.31. The number of thiazole rings is 1. The molecule has 2 aliphatic heterocycles. The van der Waals surface area contributed by atoms with E-state index in [1.807, 2.05) is 23.6 Å². The second-order valence-corrected chi connectivity index (χ2v) is 10.4. The van der Waals surface area contributed by atoms with Crippen molar-refractivity contribution in [3.8, 4) is 22.8 Å². The van der Waals surface area contributed by atoms with Gasteiger partial charge < -0.3 is 14.8 Å². The summed E-state index contributed by atoms with van der Waals surface area (Å²) in [6, 6.07) is 9.25. The van der Waals surface area contributed by atoms with Gasteiger partial charge in [-0.05, 0) is 55.3 Å². The Bertz CT molecular complexity index is 1290. The fraction of sp³-hybridized carbons (Fsp3) is 0.273. The third-order valence-corrected chi connectivity index (χ3v) is 8.18. The third-order valence-electron chi connectivity index (χ3n) is 5.50. The molecule has 1 fully saturated rings. The average Bonchev–Trinajstić information content (AvgIpc) is 3.49. The van der Waals surface area contributed by atoms with E-state index in [0.717, 1.165) is 17.7 Å². The van der Waals surface area contributed by atoms with E-state index in [2.05, 4.69) is 10.3 Å². The van der Waals surface area contributed by atoms with Gasteiger partial charge in [0.2, 0.25) is 15.9 Å². The number of amides is 1. The van der Waals surface area contributed by atoms with E-state index < -0.39 is 27.8 Å². The Kier molecular flexibility index (Phi) is 5.77. The Morgan fingerprint density at radius 3 is 2.67 bits per heavy atom. The lowest BCUT2D eigenvalue weighted by atomic mass is 10.1. The van der Waals surface area contributed by atoms with Crippen molar-refractivity contribution in [2.45, 2.75) is 23.8 Å². The van der Waals surface area contributed by atoms with Crippen LogP contribution in [0.15, 0.2) is 52.7 Å². The van der Waals surface area contributed by atoms with Crippen LogP contribution in [0.4, 0.5) is 9.52 Å². The SMILES string of the molecule is O=C(Nc1nc(-c2ccc3c(c2)OCCO3)cs1)C1CCCN1S(=O)(=O)c1ccc(F)cc1. The minimum Gasteiger partial charge on any atom is -0.486 e. The van der Waals surface area contributed by atoms with E-state index in [-0.39, 0.29) is 11.4 Å². The lowest BCUT2D eigenvalue weighted by Crippen LogP contribution is -2.43. The normalized spacial score (nSPS) is 18.3. The van der Waals surface area contributed by atoms with Crippen LogP contribution in [0.3, 0.4) is 0 Å². The summed E-state index contributed by atoms with van der Waals surface area (Å²) in [5.41, 5.74) is 1.48. The highest BCUT2D eigenvalue weighted by atomic mass is 32.2. The van der Waals surface area contributed by atoms with E-state index >= 15 is 0 Å². The van der Waals surface area contributed by atoms with Crippen molar-refractivity contribution in [1.82, 2.24) is 9.29 Å². The van der Waals surface area contributed by atoms with Crippen LogP contribution in [0.1, 0.15) is 12.8 Å². The number of halogens is 1. The number of carbonyl (C=O) groups excluding carboxylic acids is 1. The van der Waals surface area contributed by atoms with Crippen LogP contribution < -0.4 is 14.8 Å². The number of anilines is 1. The quantitative estimate of drug-likeness (QED) is 0.589. The highest BCUT2D eigenvalue weighted by molar-refractivity contribution is 7.89. The highest BCUT2D eigenvalue weighted by Crippen LogP contribution is 2.35. The molecule has 1 amide bonds. The zero-order valence-electron chi connectivity index (χ0n) is 17.4. The molecular weight excluding hydrogens is 469 g/mol. The molecule has 3 aromatic rings. The number of hydrogen-bond donors (Lipinski definition) is 1. The van der Waals surface area contributed by atoms with Gasteiger partial charge in [0.25, 0.3) is 0 Å². The van der Waals surface area contributed by atoms with E-state index in [4.69, 9.17) is 9.47 Å². The summed E-state index contributed by atoms with van der Waals surface area (Å²) in [4.78, 5) is 17.4. The third kappa shape index (κ3) is 4.31. The molecule has 0 spiro atoms. The fourth-order valence-corrected chi connectivity index (χ4v) is 6.27. The molecule has 0 aliphatic carbocycles. The standard InChI is InChI=1S/C22H20FN3O5S2/c23-15-4-6-16(7-5-15)33(28,29)26-9-1-2-18(26)21(27)25-22-24-17(13-32-22)14-3-8-19-20(12-14)31-11-10-30-19/h3-8,12-13,18H,1-2,9-11H2,(H,24,25,27). The largest absolute Gasteiger partial charge is 0.486 e.